The molecule has 0 bridgehead atoms. The molecule has 0 unspecified atom stereocenters. The van der Waals surface area contributed by atoms with Crippen LogP contribution in [0.2, 0.25) is 0 Å². The van der Waals surface area contributed by atoms with Gasteiger partial charge in [0.25, 0.3) is 5.91 Å². The molecule has 1 amide bonds. The van der Waals surface area contributed by atoms with Crippen molar-refractivity contribution in [2.75, 3.05) is 11.9 Å². The number of carbonyl (C=O) groups excluding carboxylic acids is 1. The Labute approximate surface area is 178 Å². The highest BCUT2D eigenvalue weighted by atomic mass is 127. The molecule has 0 aliphatic carbocycles. The van der Waals surface area contributed by atoms with Gasteiger partial charge in [-0.1, -0.05) is 36.4 Å². The fourth-order valence-corrected chi connectivity index (χ4v) is 4.18. The Hall–Kier alpha value is -2.23. The first-order chi connectivity index (χ1) is 13.4. The van der Waals surface area contributed by atoms with Crippen LogP contribution in [0.5, 0.6) is 0 Å². The first-order valence-corrected chi connectivity index (χ1v) is 11.2. The molecule has 3 aromatic carbocycles. The summed E-state index contributed by atoms with van der Waals surface area (Å²) in [4.78, 5) is 12.4. The summed E-state index contributed by atoms with van der Waals surface area (Å²) in [7, 11) is -3.60. The Morgan fingerprint density at radius 2 is 1.61 bits per heavy atom. The molecule has 0 saturated carbocycles. The Kier molecular flexibility index (Phi) is 6.82. The topological polar surface area (TPSA) is 75.3 Å². The van der Waals surface area contributed by atoms with Crippen LogP contribution in [-0.2, 0) is 16.4 Å². The maximum absolute atomic E-state index is 12.4. The molecule has 28 heavy (non-hydrogen) atoms. The van der Waals surface area contributed by atoms with Crippen LogP contribution in [0.3, 0.4) is 0 Å². The molecule has 0 aromatic heterocycles. The van der Waals surface area contributed by atoms with E-state index in [0.717, 1.165) is 9.13 Å². The second kappa shape index (κ2) is 9.31. The Morgan fingerprint density at radius 1 is 0.893 bits per heavy atom. The molecule has 144 valence electrons. The summed E-state index contributed by atoms with van der Waals surface area (Å²) in [6.07, 6.45) is 0.615. The standard InChI is InChI=1S/C21H19IN2O3S/c22-18-8-4-7-17(15-18)21(25)24-19-9-11-20(12-10-19)28(26,27)23-14-13-16-5-2-1-3-6-16/h1-12,15,23H,13-14H2,(H,24,25). The Morgan fingerprint density at radius 3 is 2.29 bits per heavy atom. The van der Waals surface area contributed by atoms with E-state index in [9.17, 15) is 13.2 Å². The van der Waals surface area contributed by atoms with Gasteiger partial charge in [-0.3, -0.25) is 4.79 Å². The highest BCUT2D eigenvalue weighted by Gasteiger charge is 2.14. The number of carbonyl (C=O) groups is 1. The largest absolute Gasteiger partial charge is 0.322 e. The molecule has 0 fully saturated rings. The van der Waals surface area contributed by atoms with Crippen LogP contribution in [-0.4, -0.2) is 20.9 Å². The maximum Gasteiger partial charge on any atom is 0.255 e. The van der Waals surface area contributed by atoms with Gasteiger partial charge in [-0.25, -0.2) is 13.1 Å². The fraction of sp³-hybridized carbons (Fsp3) is 0.0952. The zero-order valence-electron chi connectivity index (χ0n) is 14.9. The van der Waals surface area contributed by atoms with Crippen molar-refractivity contribution in [3.8, 4) is 0 Å². The number of anilines is 1. The van der Waals surface area contributed by atoms with Crippen molar-refractivity contribution in [3.05, 3.63) is 93.6 Å². The zero-order chi connectivity index (χ0) is 20.0. The molecule has 0 saturated heterocycles. The molecule has 0 radical (unpaired) electrons. The molecule has 0 heterocycles. The lowest BCUT2D eigenvalue weighted by molar-refractivity contribution is 0.102. The van der Waals surface area contributed by atoms with Gasteiger partial charge in [0, 0.05) is 21.4 Å². The van der Waals surface area contributed by atoms with Gasteiger partial charge in [-0.2, -0.15) is 0 Å². The maximum atomic E-state index is 12.4. The second-order valence-electron chi connectivity index (χ2n) is 6.12. The molecular formula is C21H19IN2O3S. The number of sulfonamides is 1. The molecule has 2 N–H and O–H groups in total. The van der Waals surface area contributed by atoms with Crippen molar-refractivity contribution in [3.63, 3.8) is 0 Å². The van der Waals surface area contributed by atoms with Crippen molar-refractivity contribution >= 4 is 44.2 Å². The average Bonchev–Trinajstić information content (AvgIpc) is 2.69. The predicted octanol–water partition coefficient (Wildman–Crippen LogP) is 4.06. The van der Waals surface area contributed by atoms with Crippen LogP contribution in [0.15, 0.2) is 83.8 Å². The lowest BCUT2D eigenvalue weighted by Gasteiger charge is -2.09. The molecule has 0 atom stereocenters. The third-order valence-corrected chi connectivity index (χ3v) is 6.21. The first kappa shape index (κ1) is 20.5. The van der Waals surface area contributed by atoms with E-state index >= 15 is 0 Å². The summed E-state index contributed by atoms with van der Waals surface area (Å²) < 4.78 is 28.4. The number of halogens is 1. The van der Waals surface area contributed by atoms with Gasteiger partial charge in [0.15, 0.2) is 0 Å². The van der Waals surface area contributed by atoms with Crippen molar-refractivity contribution < 1.29 is 13.2 Å². The predicted molar refractivity (Wildman–Crippen MR) is 119 cm³/mol. The number of hydrogen-bond donors (Lipinski definition) is 2. The molecule has 7 heteroatoms. The molecule has 0 aliphatic rings. The minimum atomic E-state index is -3.60. The molecular weight excluding hydrogens is 487 g/mol. The van der Waals surface area contributed by atoms with E-state index in [0.29, 0.717) is 24.2 Å². The van der Waals surface area contributed by atoms with Gasteiger partial charge in [-0.15, -0.1) is 0 Å². The van der Waals surface area contributed by atoms with Gasteiger partial charge >= 0.3 is 0 Å². The molecule has 0 aliphatic heterocycles. The number of hydrogen-bond acceptors (Lipinski definition) is 3. The summed E-state index contributed by atoms with van der Waals surface area (Å²) >= 11 is 2.14. The first-order valence-electron chi connectivity index (χ1n) is 8.65. The summed E-state index contributed by atoms with van der Waals surface area (Å²) in [5.74, 6) is -0.241. The lowest BCUT2D eigenvalue weighted by Crippen LogP contribution is -2.26. The van der Waals surface area contributed by atoms with Gasteiger partial charge in [0.05, 0.1) is 4.90 Å². The third kappa shape index (κ3) is 5.63. The van der Waals surface area contributed by atoms with E-state index in [4.69, 9.17) is 0 Å². The van der Waals surface area contributed by atoms with Crippen LogP contribution in [0.4, 0.5) is 5.69 Å². The summed E-state index contributed by atoms with van der Waals surface area (Å²) in [5, 5.41) is 2.77. The monoisotopic (exact) mass is 506 g/mol. The van der Waals surface area contributed by atoms with E-state index < -0.39 is 10.0 Å². The van der Waals surface area contributed by atoms with Gasteiger partial charge in [0.1, 0.15) is 0 Å². The molecule has 3 rings (SSSR count). The summed E-state index contributed by atoms with van der Waals surface area (Å²) in [6, 6.07) is 23.0. The van der Waals surface area contributed by atoms with Crippen molar-refractivity contribution in [2.24, 2.45) is 0 Å². The highest BCUT2D eigenvalue weighted by molar-refractivity contribution is 14.1. The smallest absolute Gasteiger partial charge is 0.255 e. The summed E-state index contributed by atoms with van der Waals surface area (Å²) in [6.45, 7) is 0.317. The number of nitrogens with one attached hydrogen (secondary N) is 2. The minimum absolute atomic E-state index is 0.160. The molecule has 3 aromatic rings. The van der Waals surface area contributed by atoms with Gasteiger partial charge in [0.2, 0.25) is 10.0 Å². The number of benzene rings is 3. The van der Waals surface area contributed by atoms with Crippen LogP contribution in [0, 0.1) is 3.57 Å². The highest BCUT2D eigenvalue weighted by Crippen LogP contribution is 2.16. The number of amides is 1. The van der Waals surface area contributed by atoms with Crippen LogP contribution < -0.4 is 10.0 Å². The quantitative estimate of drug-likeness (QED) is 0.475. The lowest BCUT2D eigenvalue weighted by atomic mass is 10.2. The Bertz CT molecular complexity index is 1050. The van der Waals surface area contributed by atoms with Gasteiger partial charge < -0.3 is 5.32 Å². The molecule has 5 nitrogen and oxygen atoms in total. The average molecular weight is 506 g/mol. The summed E-state index contributed by atoms with van der Waals surface area (Å²) in [5.41, 5.74) is 2.15. The van der Waals surface area contributed by atoms with Crippen molar-refractivity contribution in [1.82, 2.24) is 4.72 Å². The number of rotatable bonds is 7. The van der Waals surface area contributed by atoms with Crippen molar-refractivity contribution in [1.29, 1.82) is 0 Å². The molecule has 0 spiro atoms. The van der Waals surface area contributed by atoms with E-state index in [1.807, 2.05) is 42.5 Å². The van der Waals surface area contributed by atoms with Crippen molar-refractivity contribution in [2.45, 2.75) is 11.3 Å². The van der Waals surface area contributed by atoms with Gasteiger partial charge in [-0.05, 0) is 77.0 Å². The fourth-order valence-electron chi connectivity index (χ4n) is 2.61. The third-order valence-electron chi connectivity index (χ3n) is 4.06. The second-order valence-corrected chi connectivity index (χ2v) is 9.13. The van der Waals surface area contributed by atoms with Crippen LogP contribution in [0.25, 0.3) is 0 Å². The minimum Gasteiger partial charge on any atom is -0.322 e. The van der Waals surface area contributed by atoms with E-state index in [1.165, 1.54) is 12.1 Å². The zero-order valence-corrected chi connectivity index (χ0v) is 17.9. The normalized spacial score (nSPS) is 11.2. The van der Waals surface area contributed by atoms with Crippen LogP contribution in [0.1, 0.15) is 15.9 Å². The van der Waals surface area contributed by atoms with E-state index in [1.54, 1.807) is 24.3 Å². The van der Waals surface area contributed by atoms with E-state index in [-0.39, 0.29) is 10.8 Å². The van der Waals surface area contributed by atoms with Crippen LogP contribution >= 0.6 is 22.6 Å². The Balaban J connectivity index is 1.60. The van der Waals surface area contributed by atoms with E-state index in [2.05, 4.69) is 32.6 Å². The SMILES string of the molecule is O=C(Nc1ccc(S(=O)(=O)NCCc2ccccc2)cc1)c1cccc(I)c1.